The van der Waals surface area contributed by atoms with Crippen LogP contribution in [-0.2, 0) is 0 Å². The highest BCUT2D eigenvalue weighted by Gasteiger charge is 2.20. The fourth-order valence-corrected chi connectivity index (χ4v) is 1.34. The second-order valence-electron chi connectivity index (χ2n) is 3.14. The number of hydrogen-bond donors (Lipinski definition) is 1. The summed E-state index contributed by atoms with van der Waals surface area (Å²) in [6.45, 7) is 0. The molecular formula is C8H5ClN6O3. The molecule has 0 aliphatic carbocycles. The van der Waals surface area contributed by atoms with E-state index in [1.807, 2.05) is 0 Å². The molecular weight excluding hydrogens is 264 g/mol. The lowest BCUT2D eigenvalue weighted by molar-refractivity contribution is -0.385. The number of aromatic nitrogens is 4. The van der Waals surface area contributed by atoms with Crippen LogP contribution >= 0.6 is 11.6 Å². The molecule has 0 aliphatic heterocycles. The number of primary amides is 1. The van der Waals surface area contributed by atoms with E-state index in [-0.39, 0.29) is 16.7 Å². The Kier molecular flexibility index (Phi) is 2.90. The molecule has 0 unspecified atom stereocenters. The van der Waals surface area contributed by atoms with Crippen LogP contribution in [0.25, 0.3) is 5.82 Å². The zero-order valence-corrected chi connectivity index (χ0v) is 9.40. The summed E-state index contributed by atoms with van der Waals surface area (Å²) in [6, 6.07) is 0. The quantitative estimate of drug-likeness (QED) is 0.485. The molecule has 0 aromatic carbocycles. The van der Waals surface area contributed by atoms with E-state index in [9.17, 15) is 14.9 Å². The van der Waals surface area contributed by atoms with Crippen LogP contribution in [0.4, 0.5) is 5.69 Å². The third kappa shape index (κ3) is 2.11. The summed E-state index contributed by atoms with van der Waals surface area (Å²) in [4.78, 5) is 28.2. The van der Waals surface area contributed by atoms with Gasteiger partial charge in [0.25, 0.3) is 5.91 Å². The van der Waals surface area contributed by atoms with Crippen molar-refractivity contribution in [3.8, 4) is 5.82 Å². The van der Waals surface area contributed by atoms with Crippen molar-refractivity contribution >= 4 is 23.2 Å². The molecule has 0 aliphatic rings. The van der Waals surface area contributed by atoms with Gasteiger partial charge in [-0.1, -0.05) is 0 Å². The van der Waals surface area contributed by atoms with Gasteiger partial charge in [0, 0.05) is 6.20 Å². The van der Waals surface area contributed by atoms with Crippen LogP contribution < -0.4 is 5.73 Å². The number of carbonyl (C=O) groups is 1. The summed E-state index contributed by atoms with van der Waals surface area (Å²) in [5.41, 5.74) is 4.75. The first-order valence-electron chi connectivity index (χ1n) is 4.51. The van der Waals surface area contributed by atoms with Gasteiger partial charge < -0.3 is 5.73 Å². The number of nitrogens with two attached hydrogens (primary N) is 1. The van der Waals surface area contributed by atoms with Crippen molar-refractivity contribution in [2.45, 2.75) is 0 Å². The van der Waals surface area contributed by atoms with E-state index in [2.05, 4.69) is 15.1 Å². The minimum atomic E-state index is -0.705. The minimum absolute atomic E-state index is 0.0963. The van der Waals surface area contributed by atoms with E-state index in [4.69, 9.17) is 17.3 Å². The molecule has 0 bridgehead atoms. The van der Waals surface area contributed by atoms with Gasteiger partial charge in [0.1, 0.15) is 6.20 Å². The molecule has 0 spiro atoms. The average Bonchev–Trinajstić information content (AvgIpc) is 2.77. The number of halogens is 1. The number of nitro groups is 1. The second-order valence-corrected chi connectivity index (χ2v) is 3.48. The Bertz CT molecular complexity index is 640. The standard InChI is InChI=1S/C8H5ClN6O3/c9-8-11-2-5(15(17)18)7(13-8)14-3-4(1-12-14)6(10)16/h1-3H,(H2,10,16). The Hall–Kier alpha value is -2.55. The van der Waals surface area contributed by atoms with Gasteiger partial charge in [-0.15, -0.1) is 0 Å². The summed E-state index contributed by atoms with van der Waals surface area (Å²) in [5, 5.41) is 14.4. The minimum Gasteiger partial charge on any atom is -0.366 e. The topological polar surface area (TPSA) is 130 Å². The van der Waals surface area contributed by atoms with Crippen LogP contribution in [0.5, 0.6) is 0 Å². The first-order chi connectivity index (χ1) is 8.49. The third-order valence-corrected chi connectivity index (χ3v) is 2.18. The van der Waals surface area contributed by atoms with Gasteiger partial charge in [-0.25, -0.2) is 9.67 Å². The van der Waals surface area contributed by atoms with Crippen LogP contribution in [0.15, 0.2) is 18.6 Å². The Balaban J connectivity index is 2.57. The molecule has 2 aromatic rings. The molecule has 2 rings (SSSR count). The average molecular weight is 269 g/mol. The van der Waals surface area contributed by atoms with Gasteiger partial charge in [-0.3, -0.25) is 14.9 Å². The summed E-state index contributed by atoms with van der Waals surface area (Å²) < 4.78 is 1.03. The zero-order chi connectivity index (χ0) is 13.3. The highest BCUT2D eigenvalue weighted by Crippen LogP contribution is 2.20. The number of carbonyl (C=O) groups excluding carboxylic acids is 1. The van der Waals surface area contributed by atoms with Crippen molar-refractivity contribution in [1.29, 1.82) is 0 Å². The largest absolute Gasteiger partial charge is 0.366 e. The van der Waals surface area contributed by atoms with Crippen LogP contribution in [0.1, 0.15) is 10.4 Å². The van der Waals surface area contributed by atoms with E-state index in [0.717, 1.165) is 10.9 Å². The zero-order valence-electron chi connectivity index (χ0n) is 8.65. The monoisotopic (exact) mass is 268 g/mol. The van der Waals surface area contributed by atoms with Crippen molar-refractivity contribution in [3.63, 3.8) is 0 Å². The maximum atomic E-state index is 10.9. The van der Waals surface area contributed by atoms with E-state index in [1.54, 1.807) is 0 Å². The molecule has 9 nitrogen and oxygen atoms in total. The van der Waals surface area contributed by atoms with Gasteiger partial charge in [0.15, 0.2) is 0 Å². The van der Waals surface area contributed by atoms with E-state index < -0.39 is 16.5 Å². The Morgan fingerprint density at radius 3 is 2.78 bits per heavy atom. The molecule has 0 radical (unpaired) electrons. The van der Waals surface area contributed by atoms with E-state index >= 15 is 0 Å². The fraction of sp³-hybridized carbons (Fsp3) is 0. The molecule has 0 fully saturated rings. The van der Waals surface area contributed by atoms with Gasteiger partial charge >= 0.3 is 5.69 Å². The molecule has 2 N–H and O–H groups in total. The second kappa shape index (κ2) is 4.37. The van der Waals surface area contributed by atoms with Crippen molar-refractivity contribution in [2.24, 2.45) is 5.73 Å². The van der Waals surface area contributed by atoms with Crippen LogP contribution in [0.3, 0.4) is 0 Å². The van der Waals surface area contributed by atoms with Gasteiger partial charge in [-0.2, -0.15) is 10.1 Å². The normalized spacial score (nSPS) is 10.3. The maximum Gasteiger partial charge on any atom is 0.331 e. The molecule has 92 valence electrons. The summed E-state index contributed by atoms with van der Waals surface area (Å²) in [5.74, 6) is -0.850. The molecule has 0 atom stereocenters. The lowest BCUT2D eigenvalue weighted by Crippen LogP contribution is -2.10. The van der Waals surface area contributed by atoms with Crippen LogP contribution in [0, 0.1) is 10.1 Å². The highest BCUT2D eigenvalue weighted by molar-refractivity contribution is 6.28. The van der Waals surface area contributed by atoms with Crippen molar-refractivity contribution < 1.29 is 9.72 Å². The molecule has 10 heteroatoms. The first-order valence-corrected chi connectivity index (χ1v) is 4.88. The third-order valence-electron chi connectivity index (χ3n) is 2.00. The molecule has 0 saturated carbocycles. The van der Waals surface area contributed by atoms with Crippen molar-refractivity contribution in [3.05, 3.63) is 39.6 Å². The Labute approximate surface area is 104 Å². The number of amides is 1. The Morgan fingerprint density at radius 2 is 2.22 bits per heavy atom. The molecule has 1 amide bonds. The predicted octanol–water partition coefficient (Wildman–Crippen LogP) is 0.323. The lowest BCUT2D eigenvalue weighted by Gasteiger charge is -2.01. The summed E-state index contributed by atoms with van der Waals surface area (Å²) >= 11 is 5.56. The van der Waals surface area contributed by atoms with Gasteiger partial charge in [0.05, 0.1) is 16.7 Å². The van der Waals surface area contributed by atoms with Crippen molar-refractivity contribution in [1.82, 2.24) is 19.7 Å². The number of nitrogens with zero attached hydrogens (tertiary/aromatic N) is 5. The Morgan fingerprint density at radius 1 is 1.50 bits per heavy atom. The SMILES string of the molecule is NC(=O)c1cnn(-c2nc(Cl)ncc2[N+](=O)[O-])c1. The summed E-state index contributed by atoms with van der Waals surface area (Å²) in [6.07, 6.45) is 3.34. The molecule has 2 aromatic heterocycles. The molecule has 18 heavy (non-hydrogen) atoms. The smallest absolute Gasteiger partial charge is 0.331 e. The van der Waals surface area contributed by atoms with Crippen LogP contribution in [0.2, 0.25) is 5.28 Å². The maximum absolute atomic E-state index is 10.9. The number of hydrogen-bond acceptors (Lipinski definition) is 6. The van der Waals surface area contributed by atoms with Crippen molar-refractivity contribution in [2.75, 3.05) is 0 Å². The molecule has 2 heterocycles. The van der Waals surface area contributed by atoms with Gasteiger partial charge in [0.2, 0.25) is 11.1 Å². The van der Waals surface area contributed by atoms with E-state index in [1.165, 1.54) is 12.4 Å². The lowest BCUT2D eigenvalue weighted by atomic mass is 10.3. The fourth-order valence-electron chi connectivity index (χ4n) is 1.21. The first kappa shape index (κ1) is 11.9. The summed E-state index contributed by atoms with van der Waals surface area (Å²) in [7, 11) is 0. The van der Waals surface area contributed by atoms with Gasteiger partial charge in [-0.05, 0) is 11.6 Å². The number of rotatable bonds is 3. The predicted molar refractivity (Wildman–Crippen MR) is 59.3 cm³/mol. The van der Waals surface area contributed by atoms with E-state index in [0.29, 0.717) is 0 Å². The highest BCUT2D eigenvalue weighted by atomic mass is 35.5. The molecule has 0 saturated heterocycles. The van der Waals surface area contributed by atoms with Crippen LogP contribution in [-0.4, -0.2) is 30.6 Å².